The van der Waals surface area contributed by atoms with Crippen LogP contribution in [0.4, 0.5) is 11.4 Å². The molecule has 2 aromatic heterocycles. The maximum atomic E-state index is 13.2. The van der Waals surface area contributed by atoms with Crippen molar-refractivity contribution in [2.45, 2.75) is 13.0 Å². The Morgan fingerprint density at radius 3 is 2.74 bits per heavy atom. The molecule has 2 N–H and O–H groups in total. The minimum Gasteiger partial charge on any atom is -0.370 e. The smallest absolute Gasteiger partial charge is 0.262 e. The van der Waals surface area contributed by atoms with Gasteiger partial charge < -0.3 is 20.3 Å². The molecule has 10 heteroatoms. The lowest BCUT2D eigenvalue weighted by atomic mass is 10.1. The molecule has 0 radical (unpaired) electrons. The lowest BCUT2D eigenvalue weighted by molar-refractivity contribution is -0.125. The number of benzene rings is 1. The van der Waals surface area contributed by atoms with Gasteiger partial charge >= 0.3 is 0 Å². The molecule has 4 rings (SSSR count). The van der Waals surface area contributed by atoms with E-state index in [1.807, 2.05) is 6.92 Å². The van der Waals surface area contributed by atoms with E-state index in [2.05, 4.69) is 21.7 Å². The quantitative estimate of drug-likeness (QED) is 0.530. The van der Waals surface area contributed by atoms with Crippen LogP contribution in [0.2, 0.25) is 0 Å². The van der Waals surface area contributed by atoms with Crippen LogP contribution in [-0.2, 0) is 21.4 Å². The first-order chi connectivity index (χ1) is 16.4. The van der Waals surface area contributed by atoms with E-state index in [9.17, 15) is 14.4 Å². The van der Waals surface area contributed by atoms with Gasteiger partial charge in [-0.05, 0) is 48.9 Å². The molecule has 1 aliphatic rings. The predicted molar refractivity (Wildman–Crippen MR) is 129 cm³/mol. The summed E-state index contributed by atoms with van der Waals surface area (Å²) in [7, 11) is 1.73. The molecule has 0 saturated carbocycles. The number of hydrogen-bond acceptors (Lipinski definition) is 6. The number of anilines is 2. The average Bonchev–Trinajstić information content (AvgIpc) is 3.47. The van der Waals surface area contributed by atoms with Crippen molar-refractivity contribution in [3.05, 3.63) is 63.6 Å². The van der Waals surface area contributed by atoms with Crippen LogP contribution in [0.15, 0.2) is 42.6 Å². The standard InChI is InChI=1S/C24H23N5O4S/c1-4-17-6-8-20(34-17)23(31)26-22(18-9-10-28(3)27-18)24(32)25-16-5-7-19(15(2)13-16)29-11-12-33-14-21(29)30/h1,5-10,13,22H,11-12,14H2,2-3H3,(H,25,32)(H,26,31). The van der Waals surface area contributed by atoms with Gasteiger partial charge in [-0.1, -0.05) is 5.92 Å². The summed E-state index contributed by atoms with van der Waals surface area (Å²) in [6.07, 6.45) is 7.09. The Labute approximate surface area is 200 Å². The third-order valence-corrected chi connectivity index (χ3v) is 6.30. The van der Waals surface area contributed by atoms with Crippen LogP contribution in [0.3, 0.4) is 0 Å². The normalized spacial score (nSPS) is 14.4. The zero-order valence-corrected chi connectivity index (χ0v) is 19.5. The molecule has 174 valence electrons. The number of carbonyl (C=O) groups is 3. The Morgan fingerprint density at radius 2 is 2.09 bits per heavy atom. The van der Waals surface area contributed by atoms with Crippen molar-refractivity contribution >= 4 is 40.4 Å². The Hall–Kier alpha value is -3.94. The number of amides is 3. The first-order valence-electron chi connectivity index (χ1n) is 10.5. The van der Waals surface area contributed by atoms with E-state index in [1.54, 1.807) is 59.2 Å². The van der Waals surface area contributed by atoms with Crippen LogP contribution in [0.5, 0.6) is 0 Å². The zero-order valence-electron chi connectivity index (χ0n) is 18.7. The van der Waals surface area contributed by atoms with Gasteiger partial charge in [-0.3, -0.25) is 19.1 Å². The maximum Gasteiger partial charge on any atom is 0.262 e. The topological polar surface area (TPSA) is 106 Å². The lowest BCUT2D eigenvalue weighted by Gasteiger charge is -2.28. The number of aromatic nitrogens is 2. The van der Waals surface area contributed by atoms with Crippen molar-refractivity contribution < 1.29 is 19.1 Å². The van der Waals surface area contributed by atoms with Crippen molar-refractivity contribution in [1.82, 2.24) is 15.1 Å². The fourth-order valence-corrected chi connectivity index (χ4v) is 4.34. The number of rotatable bonds is 6. The first kappa shape index (κ1) is 23.2. The molecule has 1 aliphatic heterocycles. The molecule has 1 aromatic carbocycles. The number of nitrogens with zero attached hydrogens (tertiary/aromatic N) is 3. The minimum absolute atomic E-state index is 0.0520. The number of hydrogen-bond donors (Lipinski definition) is 2. The highest BCUT2D eigenvalue weighted by Crippen LogP contribution is 2.26. The second kappa shape index (κ2) is 9.91. The number of morpholine rings is 1. The van der Waals surface area contributed by atoms with Crippen molar-refractivity contribution in [3.63, 3.8) is 0 Å². The van der Waals surface area contributed by atoms with Crippen LogP contribution < -0.4 is 15.5 Å². The van der Waals surface area contributed by atoms with Crippen LogP contribution in [-0.4, -0.2) is 47.3 Å². The average molecular weight is 478 g/mol. The highest BCUT2D eigenvalue weighted by Gasteiger charge is 2.27. The monoisotopic (exact) mass is 477 g/mol. The van der Waals surface area contributed by atoms with Crippen LogP contribution in [0, 0.1) is 19.3 Å². The summed E-state index contributed by atoms with van der Waals surface area (Å²) in [6.45, 7) is 2.87. The number of aryl methyl sites for hydroxylation is 2. The Bertz CT molecular complexity index is 1290. The summed E-state index contributed by atoms with van der Waals surface area (Å²) in [5.41, 5.74) is 2.52. The van der Waals surface area contributed by atoms with Gasteiger partial charge in [-0.25, -0.2) is 0 Å². The lowest BCUT2D eigenvalue weighted by Crippen LogP contribution is -2.42. The summed E-state index contributed by atoms with van der Waals surface area (Å²) < 4.78 is 6.75. The number of carbonyl (C=O) groups excluding carboxylic acids is 3. The van der Waals surface area contributed by atoms with E-state index in [4.69, 9.17) is 11.2 Å². The number of terminal acetylenes is 1. The van der Waals surface area contributed by atoms with E-state index in [0.717, 1.165) is 11.3 Å². The molecule has 34 heavy (non-hydrogen) atoms. The summed E-state index contributed by atoms with van der Waals surface area (Å²) in [4.78, 5) is 40.9. The van der Waals surface area contributed by atoms with Crippen LogP contribution in [0.25, 0.3) is 0 Å². The van der Waals surface area contributed by atoms with E-state index in [-0.39, 0.29) is 12.5 Å². The Morgan fingerprint density at radius 1 is 1.26 bits per heavy atom. The molecule has 9 nitrogen and oxygen atoms in total. The fraction of sp³-hybridized carbons (Fsp3) is 0.250. The summed E-state index contributed by atoms with van der Waals surface area (Å²) in [5.74, 6) is 1.52. The number of thiophene rings is 1. The molecular formula is C24H23N5O4S. The number of ether oxygens (including phenoxy) is 1. The molecular weight excluding hydrogens is 454 g/mol. The van der Waals surface area contributed by atoms with Gasteiger partial charge in [0.1, 0.15) is 6.61 Å². The van der Waals surface area contributed by atoms with E-state index in [0.29, 0.717) is 34.3 Å². The largest absolute Gasteiger partial charge is 0.370 e. The SMILES string of the molecule is C#Cc1ccc(C(=O)NC(C(=O)Nc2ccc(N3CCOCC3=O)c(C)c2)c2ccn(C)n2)s1. The van der Waals surface area contributed by atoms with E-state index < -0.39 is 17.9 Å². The van der Waals surface area contributed by atoms with Gasteiger partial charge in [-0.15, -0.1) is 17.8 Å². The van der Waals surface area contributed by atoms with Crippen LogP contribution >= 0.6 is 11.3 Å². The molecule has 3 heterocycles. The third kappa shape index (κ3) is 5.01. The molecule has 1 unspecified atom stereocenters. The molecule has 1 fully saturated rings. The van der Waals surface area contributed by atoms with Crippen molar-refractivity contribution in [2.24, 2.45) is 7.05 Å². The van der Waals surface area contributed by atoms with Gasteiger partial charge in [0.05, 0.1) is 22.1 Å². The minimum atomic E-state index is -1.02. The second-order valence-electron chi connectivity index (χ2n) is 7.72. The van der Waals surface area contributed by atoms with Gasteiger partial charge in [0.25, 0.3) is 17.7 Å². The van der Waals surface area contributed by atoms with Gasteiger partial charge in [0.2, 0.25) is 0 Å². The highest BCUT2D eigenvalue weighted by molar-refractivity contribution is 7.14. The Kier molecular flexibility index (Phi) is 6.77. The summed E-state index contributed by atoms with van der Waals surface area (Å²) in [5, 5.41) is 9.90. The first-order valence-corrected chi connectivity index (χ1v) is 11.3. The summed E-state index contributed by atoms with van der Waals surface area (Å²) in [6, 6.07) is 9.24. The third-order valence-electron chi connectivity index (χ3n) is 5.28. The molecule has 0 spiro atoms. The van der Waals surface area contributed by atoms with Crippen molar-refractivity contribution in [1.29, 1.82) is 0 Å². The Balaban J connectivity index is 1.53. The second-order valence-corrected chi connectivity index (χ2v) is 8.80. The molecule has 1 atom stereocenters. The summed E-state index contributed by atoms with van der Waals surface area (Å²) >= 11 is 1.17. The van der Waals surface area contributed by atoms with Gasteiger partial charge in [0.15, 0.2) is 6.04 Å². The predicted octanol–water partition coefficient (Wildman–Crippen LogP) is 2.24. The van der Waals surface area contributed by atoms with Crippen molar-refractivity contribution in [3.8, 4) is 12.3 Å². The molecule has 1 saturated heterocycles. The van der Waals surface area contributed by atoms with E-state index in [1.165, 1.54) is 11.3 Å². The fourth-order valence-electron chi connectivity index (χ4n) is 3.62. The number of nitrogens with one attached hydrogen (secondary N) is 2. The molecule has 3 amide bonds. The zero-order chi connectivity index (χ0) is 24.2. The molecule has 0 bridgehead atoms. The molecule has 0 aliphatic carbocycles. The maximum absolute atomic E-state index is 13.2. The van der Waals surface area contributed by atoms with Crippen molar-refractivity contribution in [2.75, 3.05) is 30.0 Å². The van der Waals surface area contributed by atoms with Gasteiger partial charge in [0, 0.05) is 31.2 Å². The van der Waals surface area contributed by atoms with Gasteiger partial charge in [-0.2, -0.15) is 5.10 Å². The molecule has 3 aromatic rings. The highest BCUT2D eigenvalue weighted by atomic mass is 32.1. The van der Waals surface area contributed by atoms with E-state index >= 15 is 0 Å². The van der Waals surface area contributed by atoms with Crippen LogP contribution in [0.1, 0.15) is 31.8 Å².